The van der Waals surface area contributed by atoms with Crippen LogP contribution in [-0.2, 0) is 15.8 Å². The SMILES string of the molecule is CC(=O)N1C(=O)C(=Cc2cccc(C(F)(F)F)c2)c2ccc(Cl)cc21. The molecule has 1 aliphatic rings. The second-order valence-corrected chi connectivity index (χ2v) is 5.94. The van der Waals surface area contributed by atoms with E-state index in [-0.39, 0.29) is 11.1 Å². The van der Waals surface area contributed by atoms with Crippen molar-refractivity contribution in [1.29, 1.82) is 0 Å². The number of fused-ring (bicyclic) bond motifs is 1. The highest BCUT2D eigenvalue weighted by molar-refractivity contribution is 6.42. The van der Waals surface area contributed by atoms with Crippen molar-refractivity contribution in [3.8, 4) is 0 Å². The van der Waals surface area contributed by atoms with Gasteiger partial charge in [0.1, 0.15) is 0 Å². The maximum absolute atomic E-state index is 12.9. The molecule has 0 saturated carbocycles. The van der Waals surface area contributed by atoms with Crippen LogP contribution in [-0.4, -0.2) is 11.8 Å². The van der Waals surface area contributed by atoms with Crippen LogP contribution in [0.25, 0.3) is 11.6 Å². The number of imide groups is 1. The lowest BCUT2D eigenvalue weighted by Crippen LogP contribution is -2.31. The van der Waals surface area contributed by atoms with Crippen LogP contribution in [0.4, 0.5) is 18.9 Å². The first-order valence-electron chi connectivity index (χ1n) is 7.22. The molecule has 2 amide bonds. The fourth-order valence-electron chi connectivity index (χ4n) is 2.69. The molecule has 0 fully saturated rings. The van der Waals surface area contributed by atoms with E-state index in [1.54, 1.807) is 12.1 Å². The molecule has 0 N–H and O–H groups in total. The summed E-state index contributed by atoms with van der Waals surface area (Å²) in [6.07, 6.45) is -3.14. The summed E-state index contributed by atoms with van der Waals surface area (Å²) in [7, 11) is 0. The third kappa shape index (κ3) is 3.17. The number of hydrogen-bond donors (Lipinski definition) is 0. The Balaban J connectivity index is 2.14. The Labute approximate surface area is 146 Å². The van der Waals surface area contributed by atoms with Gasteiger partial charge < -0.3 is 0 Å². The van der Waals surface area contributed by atoms with E-state index < -0.39 is 23.6 Å². The topological polar surface area (TPSA) is 37.4 Å². The van der Waals surface area contributed by atoms with Crippen LogP contribution >= 0.6 is 11.6 Å². The molecule has 0 aliphatic carbocycles. The third-order valence-corrected chi connectivity index (χ3v) is 4.00. The molecule has 3 rings (SSSR count). The van der Waals surface area contributed by atoms with Crippen LogP contribution in [0.1, 0.15) is 23.6 Å². The summed E-state index contributed by atoms with van der Waals surface area (Å²) in [5, 5.41) is 0.345. The number of carbonyl (C=O) groups is 2. The summed E-state index contributed by atoms with van der Waals surface area (Å²) in [6.45, 7) is 1.23. The highest BCUT2D eigenvalue weighted by atomic mass is 35.5. The van der Waals surface area contributed by atoms with E-state index >= 15 is 0 Å². The zero-order chi connectivity index (χ0) is 18.4. The molecular formula is C18H11ClF3NO2. The minimum Gasteiger partial charge on any atom is -0.274 e. The molecule has 2 aromatic rings. The summed E-state index contributed by atoms with van der Waals surface area (Å²) in [6, 6.07) is 9.22. The number of anilines is 1. The number of halogens is 4. The molecule has 0 saturated heterocycles. The molecule has 1 aliphatic heterocycles. The van der Waals surface area contributed by atoms with Crippen LogP contribution in [0.2, 0.25) is 5.02 Å². The van der Waals surface area contributed by atoms with Crippen molar-refractivity contribution in [2.45, 2.75) is 13.1 Å². The lowest BCUT2D eigenvalue weighted by Gasteiger charge is -2.12. The number of nitrogens with zero attached hydrogens (tertiary/aromatic N) is 1. The molecule has 1 heterocycles. The van der Waals surface area contributed by atoms with Gasteiger partial charge in [0.15, 0.2) is 0 Å². The van der Waals surface area contributed by atoms with Gasteiger partial charge in [-0.25, -0.2) is 4.90 Å². The van der Waals surface area contributed by atoms with Gasteiger partial charge in [-0.05, 0) is 35.9 Å². The second kappa shape index (κ2) is 6.04. The van der Waals surface area contributed by atoms with E-state index in [1.165, 1.54) is 31.2 Å². The first-order valence-corrected chi connectivity index (χ1v) is 7.60. The Morgan fingerprint density at radius 3 is 2.52 bits per heavy atom. The van der Waals surface area contributed by atoms with Gasteiger partial charge in [-0.15, -0.1) is 0 Å². The molecule has 128 valence electrons. The van der Waals surface area contributed by atoms with Gasteiger partial charge >= 0.3 is 6.18 Å². The predicted octanol–water partition coefficient (Wildman–Crippen LogP) is 4.79. The molecule has 0 atom stereocenters. The highest BCUT2D eigenvalue weighted by Crippen LogP contribution is 2.40. The average Bonchev–Trinajstić information content (AvgIpc) is 2.78. The van der Waals surface area contributed by atoms with Crippen molar-refractivity contribution in [3.05, 3.63) is 64.2 Å². The Kier molecular flexibility index (Phi) is 4.16. The van der Waals surface area contributed by atoms with Gasteiger partial charge in [-0.2, -0.15) is 13.2 Å². The average molecular weight is 366 g/mol. The van der Waals surface area contributed by atoms with E-state index in [1.807, 2.05) is 0 Å². The highest BCUT2D eigenvalue weighted by Gasteiger charge is 2.35. The number of benzene rings is 2. The molecule has 3 nitrogen and oxygen atoms in total. The van der Waals surface area contributed by atoms with E-state index in [4.69, 9.17) is 11.6 Å². The zero-order valence-corrected chi connectivity index (χ0v) is 13.7. The minimum atomic E-state index is -4.48. The maximum Gasteiger partial charge on any atom is 0.416 e. The van der Waals surface area contributed by atoms with Gasteiger partial charge in [0.25, 0.3) is 5.91 Å². The van der Waals surface area contributed by atoms with Crippen molar-refractivity contribution in [2.24, 2.45) is 0 Å². The van der Waals surface area contributed by atoms with Crippen molar-refractivity contribution in [3.63, 3.8) is 0 Å². The molecular weight excluding hydrogens is 355 g/mol. The van der Waals surface area contributed by atoms with Gasteiger partial charge in [-0.3, -0.25) is 9.59 Å². The molecule has 0 spiro atoms. The summed E-state index contributed by atoms with van der Waals surface area (Å²) in [5.74, 6) is -1.09. The number of rotatable bonds is 1. The van der Waals surface area contributed by atoms with Crippen molar-refractivity contribution in [1.82, 2.24) is 0 Å². The van der Waals surface area contributed by atoms with Crippen molar-refractivity contribution < 1.29 is 22.8 Å². The lowest BCUT2D eigenvalue weighted by molar-refractivity contribution is -0.137. The van der Waals surface area contributed by atoms with Crippen molar-refractivity contribution >= 4 is 40.8 Å². The second-order valence-electron chi connectivity index (χ2n) is 5.50. The van der Waals surface area contributed by atoms with E-state index in [2.05, 4.69) is 0 Å². The molecule has 0 radical (unpaired) electrons. The minimum absolute atomic E-state index is 0.140. The van der Waals surface area contributed by atoms with Crippen molar-refractivity contribution in [2.75, 3.05) is 4.90 Å². The van der Waals surface area contributed by atoms with Gasteiger partial charge in [0.2, 0.25) is 5.91 Å². The predicted molar refractivity (Wildman–Crippen MR) is 88.9 cm³/mol. The third-order valence-electron chi connectivity index (χ3n) is 3.76. The smallest absolute Gasteiger partial charge is 0.274 e. The number of carbonyl (C=O) groups excluding carboxylic acids is 2. The van der Waals surface area contributed by atoms with E-state index in [0.29, 0.717) is 16.3 Å². The first kappa shape index (κ1) is 17.2. The standard InChI is InChI=1S/C18H11ClF3NO2/c1-10(24)23-16-9-13(19)5-6-14(16)15(17(23)25)8-11-3-2-4-12(7-11)18(20,21)22/h2-9H,1H3. The Bertz CT molecular complexity index is 919. The molecule has 7 heteroatoms. The van der Waals surface area contributed by atoms with Gasteiger partial charge in [-0.1, -0.05) is 29.8 Å². The Morgan fingerprint density at radius 1 is 1.16 bits per heavy atom. The largest absolute Gasteiger partial charge is 0.416 e. The number of hydrogen-bond acceptors (Lipinski definition) is 2. The molecule has 0 bridgehead atoms. The van der Waals surface area contributed by atoms with E-state index in [0.717, 1.165) is 17.0 Å². The number of alkyl halides is 3. The van der Waals surface area contributed by atoms with Gasteiger partial charge in [0, 0.05) is 17.5 Å². The van der Waals surface area contributed by atoms with Crippen LogP contribution in [0.5, 0.6) is 0 Å². The van der Waals surface area contributed by atoms with Crippen LogP contribution < -0.4 is 4.90 Å². The summed E-state index contributed by atoms with van der Waals surface area (Å²) in [4.78, 5) is 25.3. The quantitative estimate of drug-likeness (QED) is 0.681. The fourth-order valence-corrected chi connectivity index (χ4v) is 2.85. The normalized spacial score (nSPS) is 15.6. The lowest BCUT2D eigenvalue weighted by atomic mass is 10.0. The Morgan fingerprint density at radius 2 is 1.88 bits per heavy atom. The molecule has 0 unspecified atom stereocenters. The van der Waals surface area contributed by atoms with Gasteiger partial charge in [0.05, 0.1) is 16.8 Å². The molecule has 2 aromatic carbocycles. The summed E-state index contributed by atoms with van der Waals surface area (Å²) in [5.41, 5.74) is 0.308. The summed E-state index contributed by atoms with van der Waals surface area (Å²) >= 11 is 5.93. The first-order chi connectivity index (χ1) is 11.7. The van der Waals surface area contributed by atoms with Crippen LogP contribution in [0.15, 0.2) is 42.5 Å². The van der Waals surface area contributed by atoms with Crippen LogP contribution in [0, 0.1) is 0 Å². The monoisotopic (exact) mass is 365 g/mol. The Hall–Kier alpha value is -2.60. The fraction of sp³-hybridized carbons (Fsp3) is 0.111. The maximum atomic E-state index is 12.9. The van der Waals surface area contributed by atoms with E-state index in [9.17, 15) is 22.8 Å². The molecule has 25 heavy (non-hydrogen) atoms. The zero-order valence-electron chi connectivity index (χ0n) is 12.9. The summed E-state index contributed by atoms with van der Waals surface area (Å²) < 4.78 is 38.6. The number of amides is 2. The van der Waals surface area contributed by atoms with Crippen LogP contribution in [0.3, 0.4) is 0 Å². The molecule has 0 aromatic heterocycles.